The molecule has 0 unspecified atom stereocenters. The van der Waals surface area contributed by atoms with Gasteiger partial charge in [0.05, 0.1) is 33.3 Å². The van der Waals surface area contributed by atoms with Gasteiger partial charge in [0.1, 0.15) is 4.88 Å². The van der Waals surface area contributed by atoms with Crippen LogP contribution in [0.15, 0.2) is 65.3 Å². The van der Waals surface area contributed by atoms with Crippen molar-refractivity contribution in [3.05, 3.63) is 65.7 Å². The fraction of sp³-hybridized carbons (Fsp3) is 0.130. The lowest BCUT2D eigenvalue weighted by atomic mass is 10.1. The summed E-state index contributed by atoms with van der Waals surface area (Å²) in [5, 5.41) is 3.54. The molecule has 4 aromatic rings. The van der Waals surface area contributed by atoms with Crippen LogP contribution in [0.3, 0.4) is 0 Å². The fourth-order valence-corrected chi connectivity index (χ4v) is 4.06. The molecule has 0 aliphatic rings. The molecule has 1 amide bonds. The van der Waals surface area contributed by atoms with E-state index >= 15 is 0 Å². The Balaban J connectivity index is 1.73. The second kappa shape index (κ2) is 8.93. The van der Waals surface area contributed by atoms with E-state index in [1.54, 1.807) is 24.5 Å². The Kier molecular flexibility index (Phi) is 5.90. The zero-order chi connectivity index (χ0) is 21.8. The van der Waals surface area contributed by atoms with Gasteiger partial charge in [0.2, 0.25) is 5.75 Å². The molecule has 2 aromatic carbocycles. The Bertz CT molecular complexity index is 1160. The summed E-state index contributed by atoms with van der Waals surface area (Å²) in [6.45, 7) is 0. The molecule has 0 aliphatic carbocycles. The van der Waals surface area contributed by atoms with E-state index in [0.29, 0.717) is 44.3 Å². The monoisotopic (exact) mass is 436 g/mol. The van der Waals surface area contributed by atoms with E-state index in [2.05, 4.69) is 10.3 Å². The van der Waals surface area contributed by atoms with Crippen LogP contribution in [0.5, 0.6) is 17.2 Å². The number of furan rings is 1. The molecule has 0 bridgehead atoms. The van der Waals surface area contributed by atoms with Gasteiger partial charge in [-0.2, -0.15) is 0 Å². The van der Waals surface area contributed by atoms with Crippen LogP contribution >= 0.6 is 11.3 Å². The van der Waals surface area contributed by atoms with Crippen LogP contribution in [0.4, 0.5) is 5.69 Å². The van der Waals surface area contributed by atoms with E-state index in [1.807, 2.05) is 36.4 Å². The predicted molar refractivity (Wildman–Crippen MR) is 119 cm³/mol. The first-order valence-corrected chi connectivity index (χ1v) is 10.2. The Morgan fingerprint density at radius 1 is 0.968 bits per heavy atom. The van der Waals surface area contributed by atoms with Crippen molar-refractivity contribution in [1.82, 2.24) is 4.98 Å². The SMILES string of the molecule is COc1cc(NC(=O)c2sc(-c3ccco3)nc2-c2ccccc2)cc(OC)c1OC. The molecule has 0 saturated carbocycles. The molecule has 0 radical (unpaired) electrons. The molecule has 1 N–H and O–H groups in total. The number of nitrogens with zero attached hydrogens (tertiary/aromatic N) is 1. The highest BCUT2D eigenvalue weighted by Gasteiger charge is 2.22. The molecular weight excluding hydrogens is 416 g/mol. The van der Waals surface area contributed by atoms with Crippen LogP contribution in [-0.2, 0) is 0 Å². The number of aromatic nitrogens is 1. The van der Waals surface area contributed by atoms with Gasteiger partial charge >= 0.3 is 0 Å². The molecule has 0 aliphatic heterocycles. The number of thiazole rings is 1. The minimum Gasteiger partial charge on any atom is -0.493 e. The van der Waals surface area contributed by atoms with Crippen LogP contribution in [0.1, 0.15) is 9.67 Å². The van der Waals surface area contributed by atoms with Gasteiger partial charge in [-0.05, 0) is 12.1 Å². The average molecular weight is 436 g/mol. The van der Waals surface area contributed by atoms with Crippen LogP contribution in [0.25, 0.3) is 22.0 Å². The van der Waals surface area contributed by atoms with Crippen molar-refractivity contribution in [3.63, 3.8) is 0 Å². The number of hydrogen-bond donors (Lipinski definition) is 1. The van der Waals surface area contributed by atoms with E-state index in [0.717, 1.165) is 5.56 Å². The first-order valence-electron chi connectivity index (χ1n) is 9.36. The molecule has 0 atom stereocenters. The van der Waals surface area contributed by atoms with Crippen molar-refractivity contribution >= 4 is 22.9 Å². The molecule has 0 spiro atoms. The first-order chi connectivity index (χ1) is 15.1. The number of carbonyl (C=O) groups excluding carboxylic acids is 1. The lowest BCUT2D eigenvalue weighted by Gasteiger charge is -2.14. The number of ether oxygens (including phenoxy) is 3. The van der Waals surface area contributed by atoms with Crippen LogP contribution in [-0.4, -0.2) is 32.2 Å². The summed E-state index contributed by atoms with van der Waals surface area (Å²) in [6, 6.07) is 16.5. The third-order valence-electron chi connectivity index (χ3n) is 4.54. The van der Waals surface area contributed by atoms with Gasteiger partial charge in [-0.25, -0.2) is 4.98 Å². The van der Waals surface area contributed by atoms with Gasteiger partial charge in [0.25, 0.3) is 5.91 Å². The Hall–Kier alpha value is -3.78. The number of rotatable bonds is 7. The minimum absolute atomic E-state index is 0.302. The van der Waals surface area contributed by atoms with Gasteiger partial charge in [-0.1, -0.05) is 30.3 Å². The van der Waals surface area contributed by atoms with Crippen LogP contribution in [0.2, 0.25) is 0 Å². The summed E-state index contributed by atoms with van der Waals surface area (Å²) in [5.74, 6) is 1.64. The van der Waals surface area contributed by atoms with Crippen molar-refractivity contribution in [3.8, 4) is 39.3 Å². The Morgan fingerprint density at radius 2 is 1.68 bits per heavy atom. The van der Waals surface area contributed by atoms with E-state index in [9.17, 15) is 4.79 Å². The topological polar surface area (TPSA) is 82.8 Å². The molecule has 7 nitrogen and oxygen atoms in total. The summed E-state index contributed by atoms with van der Waals surface area (Å²) in [5.41, 5.74) is 1.93. The van der Waals surface area contributed by atoms with Crippen LogP contribution in [0, 0.1) is 0 Å². The zero-order valence-corrected chi connectivity index (χ0v) is 18.0. The molecule has 2 aromatic heterocycles. The maximum atomic E-state index is 13.3. The van der Waals surface area contributed by atoms with Gasteiger partial charge < -0.3 is 23.9 Å². The van der Waals surface area contributed by atoms with Gasteiger partial charge in [-0.15, -0.1) is 11.3 Å². The number of methoxy groups -OCH3 is 3. The lowest BCUT2D eigenvalue weighted by Crippen LogP contribution is -2.12. The summed E-state index contributed by atoms with van der Waals surface area (Å²) in [6.07, 6.45) is 1.58. The fourth-order valence-electron chi connectivity index (χ4n) is 3.11. The van der Waals surface area contributed by atoms with E-state index in [1.165, 1.54) is 32.7 Å². The van der Waals surface area contributed by atoms with E-state index < -0.39 is 0 Å². The third kappa shape index (κ3) is 4.10. The van der Waals surface area contributed by atoms with Gasteiger partial charge in [0, 0.05) is 23.4 Å². The molecule has 31 heavy (non-hydrogen) atoms. The highest BCUT2D eigenvalue weighted by molar-refractivity contribution is 7.17. The molecule has 0 saturated heterocycles. The lowest BCUT2D eigenvalue weighted by molar-refractivity contribution is 0.103. The van der Waals surface area contributed by atoms with E-state index in [4.69, 9.17) is 18.6 Å². The standard InChI is InChI=1S/C23H20N2O5S/c1-27-17-12-15(13-18(28-2)20(17)29-3)24-22(26)21-19(14-8-5-4-6-9-14)25-23(31-21)16-10-7-11-30-16/h4-13H,1-3H3,(H,24,26). The smallest absolute Gasteiger partial charge is 0.268 e. The molecule has 8 heteroatoms. The van der Waals surface area contributed by atoms with Crippen LogP contribution < -0.4 is 19.5 Å². The van der Waals surface area contributed by atoms with Gasteiger partial charge in [-0.3, -0.25) is 4.79 Å². The zero-order valence-electron chi connectivity index (χ0n) is 17.2. The number of benzene rings is 2. The predicted octanol–water partition coefficient (Wildman–Crippen LogP) is 5.35. The number of hydrogen-bond acceptors (Lipinski definition) is 7. The summed E-state index contributed by atoms with van der Waals surface area (Å²) >= 11 is 1.26. The first kappa shape index (κ1) is 20.5. The van der Waals surface area contributed by atoms with Gasteiger partial charge in [0.15, 0.2) is 22.3 Å². The summed E-state index contributed by atoms with van der Waals surface area (Å²) in [7, 11) is 4.57. The average Bonchev–Trinajstić information content (AvgIpc) is 3.49. The summed E-state index contributed by atoms with van der Waals surface area (Å²) < 4.78 is 21.6. The number of amides is 1. The summed E-state index contributed by atoms with van der Waals surface area (Å²) in [4.78, 5) is 18.4. The maximum absolute atomic E-state index is 13.3. The molecule has 0 fully saturated rings. The number of nitrogens with one attached hydrogen (secondary N) is 1. The normalized spacial score (nSPS) is 10.5. The van der Waals surface area contributed by atoms with Crippen molar-refractivity contribution in [2.45, 2.75) is 0 Å². The Morgan fingerprint density at radius 3 is 2.26 bits per heavy atom. The molecule has 158 valence electrons. The number of carbonyl (C=O) groups is 1. The van der Waals surface area contributed by atoms with Crippen molar-refractivity contribution in [2.75, 3.05) is 26.6 Å². The maximum Gasteiger partial charge on any atom is 0.268 e. The second-order valence-electron chi connectivity index (χ2n) is 6.41. The molecule has 4 rings (SSSR count). The Labute approximate surface area is 183 Å². The highest BCUT2D eigenvalue weighted by Crippen LogP contribution is 2.40. The van der Waals surface area contributed by atoms with Crippen molar-refractivity contribution in [1.29, 1.82) is 0 Å². The molecule has 2 heterocycles. The minimum atomic E-state index is -0.302. The third-order valence-corrected chi connectivity index (χ3v) is 5.60. The van der Waals surface area contributed by atoms with Crippen molar-refractivity contribution < 1.29 is 23.4 Å². The van der Waals surface area contributed by atoms with Crippen molar-refractivity contribution in [2.24, 2.45) is 0 Å². The van der Waals surface area contributed by atoms with E-state index in [-0.39, 0.29) is 5.91 Å². The number of anilines is 1. The quantitative estimate of drug-likeness (QED) is 0.421. The molecular formula is C23H20N2O5S. The largest absolute Gasteiger partial charge is 0.493 e. The second-order valence-corrected chi connectivity index (χ2v) is 7.41. The highest BCUT2D eigenvalue weighted by atomic mass is 32.1.